The zero-order valence-corrected chi connectivity index (χ0v) is 10.8. The van der Waals surface area contributed by atoms with Crippen molar-refractivity contribution in [3.63, 3.8) is 0 Å². The molecule has 19 heavy (non-hydrogen) atoms. The lowest BCUT2D eigenvalue weighted by Gasteiger charge is -2.27. The first-order valence-corrected chi connectivity index (χ1v) is 6.34. The molecule has 0 aliphatic carbocycles. The van der Waals surface area contributed by atoms with E-state index in [1.54, 1.807) is 0 Å². The standard InChI is InChI=1S/C17H15NO/c1-18-11-16(10-15-4-2-3-5-17(15)18)14-8-6-13(12-19)7-9-14/h2-10,12H,11H2,1H3. The minimum atomic E-state index is 0.717. The van der Waals surface area contributed by atoms with Crippen LogP contribution in [-0.4, -0.2) is 19.9 Å². The molecular weight excluding hydrogens is 234 g/mol. The van der Waals surface area contributed by atoms with E-state index in [1.807, 2.05) is 24.3 Å². The third-order valence-corrected chi connectivity index (χ3v) is 3.50. The predicted molar refractivity (Wildman–Crippen MR) is 79.4 cm³/mol. The molecule has 1 aliphatic heterocycles. The number of benzene rings is 2. The fraction of sp³-hybridized carbons (Fsp3) is 0.118. The monoisotopic (exact) mass is 249 g/mol. The van der Waals surface area contributed by atoms with E-state index >= 15 is 0 Å². The van der Waals surface area contributed by atoms with Gasteiger partial charge in [-0.15, -0.1) is 0 Å². The van der Waals surface area contributed by atoms with Crippen molar-refractivity contribution in [2.45, 2.75) is 0 Å². The highest BCUT2D eigenvalue weighted by atomic mass is 16.1. The van der Waals surface area contributed by atoms with Gasteiger partial charge in [-0.2, -0.15) is 0 Å². The molecule has 0 spiro atoms. The summed E-state index contributed by atoms with van der Waals surface area (Å²) in [4.78, 5) is 12.9. The number of fused-ring (bicyclic) bond motifs is 1. The van der Waals surface area contributed by atoms with Crippen molar-refractivity contribution in [1.82, 2.24) is 0 Å². The summed E-state index contributed by atoms with van der Waals surface area (Å²) >= 11 is 0. The summed E-state index contributed by atoms with van der Waals surface area (Å²) < 4.78 is 0. The van der Waals surface area contributed by atoms with Crippen LogP contribution in [0.5, 0.6) is 0 Å². The average molecular weight is 249 g/mol. The van der Waals surface area contributed by atoms with Crippen LogP contribution in [0.4, 0.5) is 5.69 Å². The van der Waals surface area contributed by atoms with Crippen LogP contribution >= 0.6 is 0 Å². The molecule has 0 bridgehead atoms. The zero-order valence-electron chi connectivity index (χ0n) is 10.8. The Labute approximate surface area is 113 Å². The Balaban J connectivity index is 2.02. The van der Waals surface area contributed by atoms with E-state index in [1.165, 1.54) is 22.4 Å². The number of likely N-dealkylation sites (N-methyl/N-ethyl adjacent to an activating group) is 1. The van der Waals surface area contributed by atoms with E-state index < -0.39 is 0 Å². The first kappa shape index (κ1) is 11.7. The molecule has 2 aromatic carbocycles. The first-order chi connectivity index (χ1) is 9.28. The SMILES string of the molecule is CN1CC(c2ccc(C=O)cc2)=Cc2ccccc21. The van der Waals surface area contributed by atoms with Gasteiger partial charge < -0.3 is 4.90 Å². The number of anilines is 1. The van der Waals surface area contributed by atoms with Gasteiger partial charge in [-0.3, -0.25) is 4.79 Å². The smallest absolute Gasteiger partial charge is 0.150 e. The Morgan fingerprint density at radius 3 is 2.53 bits per heavy atom. The zero-order chi connectivity index (χ0) is 13.2. The Hall–Kier alpha value is -2.35. The van der Waals surface area contributed by atoms with Crippen molar-refractivity contribution >= 4 is 23.6 Å². The van der Waals surface area contributed by atoms with Crippen molar-refractivity contribution in [1.29, 1.82) is 0 Å². The molecule has 0 fully saturated rings. The molecule has 0 saturated heterocycles. The van der Waals surface area contributed by atoms with Gasteiger partial charge in [0.25, 0.3) is 0 Å². The van der Waals surface area contributed by atoms with E-state index in [2.05, 4.69) is 42.3 Å². The average Bonchev–Trinajstić information content (AvgIpc) is 2.47. The van der Waals surface area contributed by atoms with Crippen molar-refractivity contribution < 1.29 is 4.79 Å². The Kier molecular flexibility index (Phi) is 2.92. The number of carbonyl (C=O) groups excluding carboxylic acids is 1. The van der Waals surface area contributed by atoms with Gasteiger partial charge in [0.15, 0.2) is 0 Å². The summed E-state index contributed by atoms with van der Waals surface area (Å²) in [5.41, 5.74) is 5.67. The molecule has 2 nitrogen and oxygen atoms in total. The largest absolute Gasteiger partial charge is 0.370 e. The second-order valence-corrected chi connectivity index (χ2v) is 4.82. The summed E-state index contributed by atoms with van der Waals surface area (Å²) in [6.07, 6.45) is 3.10. The van der Waals surface area contributed by atoms with Crippen molar-refractivity contribution in [3.05, 3.63) is 65.2 Å². The summed E-state index contributed by atoms with van der Waals surface area (Å²) in [7, 11) is 2.10. The lowest BCUT2D eigenvalue weighted by Crippen LogP contribution is -2.23. The van der Waals surface area contributed by atoms with Crippen LogP contribution < -0.4 is 4.90 Å². The van der Waals surface area contributed by atoms with Crippen LogP contribution in [0.3, 0.4) is 0 Å². The van der Waals surface area contributed by atoms with Gasteiger partial charge in [-0.05, 0) is 28.8 Å². The molecule has 1 heterocycles. The molecular formula is C17H15NO. The third kappa shape index (κ3) is 2.17. The number of para-hydroxylation sites is 1. The quantitative estimate of drug-likeness (QED) is 0.759. The van der Waals surface area contributed by atoms with Gasteiger partial charge >= 0.3 is 0 Å². The fourth-order valence-electron chi connectivity index (χ4n) is 2.48. The highest BCUT2D eigenvalue weighted by molar-refractivity contribution is 5.91. The first-order valence-electron chi connectivity index (χ1n) is 6.34. The van der Waals surface area contributed by atoms with Gasteiger partial charge in [-0.25, -0.2) is 0 Å². The maximum absolute atomic E-state index is 10.7. The number of aldehydes is 1. The van der Waals surface area contributed by atoms with Crippen LogP contribution in [0, 0.1) is 0 Å². The molecule has 0 radical (unpaired) electrons. The lowest BCUT2D eigenvalue weighted by molar-refractivity contribution is 0.112. The van der Waals surface area contributed by atoms with Crippen LogP contribution in [-0.2, 0) is 0 Å². The van der Waals surface area contributed by atoms with Gasteiger partial charge in [0.05, 0.1) is 0 Å². The maximum atomic E-state index is 10.7. The molecule has 0 unspecified atom stereocenters. The van der Waals surface area contributed by atoms with Gasteiger partial charge in [0, 0.05) is 24.8 Å². The van der Waals surface area contributed by atoms with Crippen LogP contribution in [0.25, 0.3) is 11.6 Å². The van der Waals surface area contributed by atoms with Gasteiger partial charge in [-0.1, -0.05) is 42.5 Å². The molecule has 0 amide bonds. The number of hydrogen-bond donors (Lipinski definition) is 0. The van der Waals surface area contributed by atoms with Crippen LogP contribution in [0.15, 0.2) is 48.5 Å². The highest BCUT2D eigenvalue weighted by Crippen LogP contribution is 2.31. The molecule has 2 aromatic rings. The molecule has 0 aromatic heterocycles. The predicted octanol–water partition coefficient (Wildman–Crippen LogP) is 3.49. The number of nitrogens with zero attached hydrogens (tertiary/aromatic N) is 1. The number of hydrogen-bond acceptors (Lipinski definition) is 2. The molecule has 1 aliphatic rings. The fourth-order valence-corrected chi connectivity index (χ4v) is 2.48. The van der Waals surface area contributed by atoms with Gasteiger partial charge in [0.2, 0.25) is 0 Å². The van der Waals surface area contributed by atoms with E-state index in [0.717, 1.165) is 12.8 Å². The number of carbonyl (C=O) groups is 1. The van der Waals surface area contributed by atoms with Crippen LogP contribution in [0.2, 0.25) is 0 Å². The molecule has 3 rings (SSSR count). The normalized spacial score (nSPS) is 13.7. The third-order valence-electron chi connectivity index (χ3n) is 3.50. The number of rotatable bonds is 2. The van der Waals surface area contributed by atoms with Gasteiger partial charge in [0.1, 0.15) is 6.29 Å². The Bertz CT molecular complexity index is 641. The van der Waals surface area contributed by atoms with E-state index in [4.69, 9.17) is 0 Å². The molecule has 0 N–H and O–H groups in total. The lowest BCUT2D eigenvalue weighted by atomic mass is 9.97. The Morgan fingerprint density at radius 1 is 1.05 bits per heavy atom. The second-order valence-electron chi connectivity index (χ2n) is 4.82. The molecule has 0 atom stereocenters. The van der Waals surface area contributed by atoms with E-state index in [9.17, 15) is 4.79 Å². The maximum Gasteiger partial charge on any atom is 0.150 e. The van der Waals surface area contributed by atoms with Crippen molar-refractivity contribution in [2.24, 2.45) is 0 Å². The minimum absolute atomic E-state index is 0.717. The Morgan fingerprint density at radius 2 is 1.79 bits per heavy atom. The summed E-state index contributed by atoms with van der Waals surface area (Å²) in [6, 6.07) is 16.1. The van der Waals surface area contributed by atoms with Crippen LogP contribution in [0.1, 0.15) is 21.5 Å². The minimum Gasteiger partial charge on any atom is -0.370 e. The summed E-state index contributed by atoms with van der Waals surface area (Å²) in [6.45, 7) is 0.886. The van der Waals surface area contributed by atoms with Crippen molar-refractivity contribution in [3.8, 4) is 0 Å². The van der Waals surface area contributed by atoms with Crippen molar-refractivity contribution in [2.75, 3.05) is 18.5 Å². The van der Waals surface area contributed by atoms with E-state index in [0.29, 0.717) is 5.56 Å². The topological polar surface area (TPSA) is 20.3 Å². The highest BCUT2D eigenvalue weighted by Gasteiger charge is 2.15. The summed E-state index contributed by atoms with van der Waals surface area (Å²) in [5, 5.41) is 0. The molecule has 0 saturated carbocycles. The van der Waals surface area contributed by atoms with E-state index in [-0.39, 0.29) is 0 Å². The second kappa shape index (κ2) is 4.73. The molecule has 2 heteroatoms. The molecule has 94 valence electrons. The summed E-state index contributed by atoms with van der Waals surface area (Å²) in [5.74, 6) is 0.